The molecule has 2 heterocycles. The predicted octanol–water partition coefficient (Wildman–Crippen LogP) is 2.84. The Morgan fingerprint density at radius 2 is 1.82 bits per heavy atom. The molecule has 0 bridgehead atoms. The summed E-state index contributed by atoms with van der Waals surface area (Å²) in [6.07, 6.45) is 0.230. The Kier molecular flexibility index (Phi) is 5.73. The molecule has 2 aromatic rings. The van der Waals surface area contributed by atoms with Gasteiger partial charge in [0, 0.05) is 36.0 Å². The fraction of sp³-hybridized carbons (Fsp3) is 0.333. The largest absolute Gasteiger partial charge is 0.339 e. The summed E-state index contributed by atoms with van der Waals surface area (Å²) in [5.74, 6) is -0.317. The van der Waals surface area contributed by atoms with Gasteiger partial charge in [-0.25, -0.2) is 4.98 Å². The molecule has 1 saturated heterocycles. The van der Waals surface area contributed by atoms with E-state index in [-0.39, 0.29) is 36.1 Å². The van der Waals surface area contributed by atoms with Gasteiger partial charge >= 0.3 is 0 Å². The van der Waals surface area contributed by atoms with Crippen LogP contribution in [0.5, 0.6) is 0 Å². The summed E-state index contributed by atoms with van der Waals surface area (Å²) in [6, 6.07) is 12.1. The molecule has 1 aliphatic rings. The van der Waals surface area contributed by atoms with E-state index in [1.165, 1.54) is 0 Å². The molecule has 0 unspecified atom stereocenters. The number of amides is 3. The highest BCUT2D eigenvalue weighted by molar-refractivity contribution is 6.04. The number of anilines is 2. The van der Waals surface area contributed by atoms with Crippen molar-refractivity contribution in [3.8, 4) is 0 Å². The highest BCUT2D eigenvalue weighted by Gasteiger charge is 2.35. The number of hydrogen-bond acceptors (Lipinski definition) is 4. The van der Waals surface area contributed by atoms with E-state index in [2.05, 4.69) is 15.6 Å². The Labute approximate surface area is 164 Å². The molecule has 1 atom stereocenters. The molecule has 3 amide bonds. The van der Waals surface area contributed by atoms with E-state index in [4.69, 9.17) is 0 Å². The van der Waals surface area contributed by atoms with Gasteiger partial charge in [0.25, 0.3) is 5.91 Å². The molecule has 0 aliphatic carbocycles. The second-order valence-corrected chi connectivity index (χ2v) is 7.23. The average Bonchev–Trinajstić information content (AvgIpc) is 3.04. The predicted molar refractivity (Wildman–Crippen MR) is 107 cm³/mol. The van der Waals surface area contributed by atoms with Crippen molar-refractivity contribution < 1.29 is 14.4 Å². The van der Waals surface area contributed by atoms with Crippen molar-refractivity contribution in [2.45, 2.75) is 33.2 Å². The summed E-state index contributed by atoms with van der Waals surface area (Å²) in [5.41, 5.74) is 1.87. The molecule has 7 nitrogen and oxygen atoms in total. The van der Waals surface area contributed by atoms with Crippen LogP contribution in [0, 0.1) is 12.8 Å². The molecule has 146 valence electrons. The van der Waals surface area contributed by atoms with Gasteiger partial charge in [0.15, 0.2) is 0 Å². The Morgan fingerprint density at radius 1 is 1.11 bits per heavy atom. The number of carbonyl (C=O) groups is 3. The second-order valence-electron chi connectivity index (χ2n) is 7.23. The van der Waals surface area contributed by atoms with Crippen molar-refractivity contribution in [1.29, 1.82) is 0 Å². The summed E-state index contributed by atoms with van der Waals surface area (Å²) >= 11 is 0. The number of benzene rings is 1. The molecule has 1 aromatic carbocycles. The molecule has 0 spiro atoms. The highest BCUT2D eigenvalue weighted by atomic mass is 16.2. The Morgan fingerprint density at radius 3 is 2.43 bits per heavy atom. The SMILES string of the molecule is Cc1cccc(NC(=O)c2ccc(NC(=O)[C@@H]3CC(=O)N(C(C)C)C3)cc2)n1. The van der Waals surface area contributed by atoms with Crippen LogP contribution >= 0.6 is 0 Å². The van der Waals surface area contributed by atoms with E-state index in [1.54, 1.807) is 35.2 Å². The van der Waals surface area contributed by atoms with Crippen LogP contribution in [0.4, 0.5) is 11.5 Å². The maximum atomic E-state index is 12.4. The summed E-state index contributed by atoms with van der Waals surface area (Å²) in [5, 5.41) is 5.57. The van der Waals surface area contributed by atoms with Crippen molar-refractivity contribution in [2.75, 3.05) is 17.2 Å². The molecule has 1 aromatic heterocycles. The third kappa shape index (κ3) is 4.54. The van der Waals surface area contributed by atoms with Crippen molar-refractivity contribution >= 4 is 29.2 Å². The fourth-order valence-corrected chi connectivity index (χ4v) is 3.16. The number of pyridine rings is 1. The van der Waals surface area contributed by atoms with E-state index >= 15 is 0 Å². The van der Waals surface area contributed by atoms with Crippen LogP contribution in [-0.2, 0) is 9.59 Å². The first-order valence-corrected chi connectivity index (χ1v) is 9.29. The van der Waals surface area contributed by atoms with Gasteiger partial charge in [-0.1, -0.05) is 6.07 Å². The smallest absolute Gasteiger partial charge is 0.256 e. The minimum atomic E-state index is -0.356. The first kappa shape index (κ1) is 19.5. The summed E-state index contributed by atoms with van der Waals surface area (Å²) < 4.78 is 0. The molecular weight excluding hydrogens is 356 g/mol. The molecule has 2 N–H and O–H groups in total. The molecule has 3 rings (SSSR count). The van der Waals surface area contributed by atoms with Gasteiger partial charge in [-0.2, -0.15) is 0 Å². The van der Waals surface area contributed by atoms with Crippen LogP contribution in [0.15, 0.2) is 42.5 Å². The van der Waals surface area contributed by atoms with Gasteiger partial charge in [0.1, 0.15) is 5.82 Å². The molecule has 1 aliphatic heterocycles. The molecule has 7 heteroatoms. The van der Waals surface area contributed by atoms with Gasteiger partial charge in [-0.05, 0) is 57.2 Å². The van der Waals surface area contributed by atoms with Crippen molar-refractivity contribution in [3.05, 3.63) is 53.7 Å². The van der Waals surface area contributed by atoms with Crippen LogP contribution in [0.25, 0.3) is 0 Å². The number of rotatable bonds is 5. The number of aryl methyl sites for hydroxylation is 1. The van der Waals surface area contributed by atoms with Crippen LogP contribution in [-0.4, -0.2) is 40.2 Å². The third-order valence-corrected chi connectivity index (χ3v) is 4.70. The maximum Gasteiger partial charge on any atom is 0.256 e. The lowest BCUT2D eigenvalue weighted by molar-refractivity contribution is -0.129. The normalized spacial score (nSPS) is 16.4. The fourth-order valence-electron chi connectivity index (χ4n) is 3.16. The van der Waals surface area contributed by atoms with Gasteiger partial charge in [-0.15, -0.1) is 0 Å². The van der Waals surface area contributed by atoms with Crippen molar-refractivity contribution in [1.82, 2.24) is 9.88 Å². The lowest BCUT2D eigenvalue weighted by Crippen LogP contribution is -2.33. The van der Waals surface area contributed by atoms with Crippen molar-refractivity contribution in [2.24, 2.45) is 5.92 Å². The lowest BCUT2D eigenvalue weighted by atomic mass is 10.1. The van der Waals surface area contributed by atoms with E-state index in [1.807, 2.05) is 32.9 Å². The maximum absolute atomic E-state index is 12.4. The molecule has 28 heavy (non-hydrogen) atoms. The number of nitrogens with zero attached hydrogens (tertiary/aromatic N) is 2. The number of nitrogens with one attached hydrogen (secondary N) is 2. The van der Waals surface area contributed by atoms with E-state index in [9.17, 15) is 14.4 Å². The highest BCUT2D eigenvalue weighted by Crippen LogP contribution is 2.22. The zero-order chi connectivity index (χ0) is 20.3. The lowest BCUT2D eigenvalue weighted by Gasteiger charge is -2.20. The van der Waals surface area contributed by atoms with Crippen LogP contribution in [0.1, 0.15) is 36.3 Å². The summed E-state index contributed by atoms with van der Waals surface area (Å²) in [4.78, 5) is 42.7. The molecule has 0 saturated carbocycles. The van der Waals surface area contributed by atoms with E-state index < -0.39 is 0 Å². The number of hydrogen-bond donors (Lipinski definition) is 2. The van der Waals surface area contributed by atoms with E-state index in [0.29, 0.717) is 23.6 Å². The zero-order valence-electron chi connectivity index (χ0n) is 16.2. The number of carbonyl (C=O) groups excluding carboxylic acids is 3. The monoisotopic (exact) mass is 380 g/mol. The van der Waals surface area contributed by atoms with Crippen molar-refractivity contribution in [3.63, 3.8) is 0 Å². The van der Waals surface area contributed by atoms with Crippen LogP contribution in [0.3, 0.4) is 0 Å². The first-order chi connectivity index (χ1) is 13.3. The van der Waals surface area contributed by atoms with Gasteiger partial charge in [0.2, 0.25) is 11.8 Å². The van der Waals surface area contributed by atoms with Gasteiger partial charge in [0.05, 0.1) is 5.92 Å². The minimum absolute atomic E-state index is 0.00641. The van der Waals surface area contributed by atoms with Gasteiger partial charge < -0.3 is 15.5 Å². The Balaban J connectivity index is 1.59. The molecule has 1 fully saturated rings. The quantitative estimate of drug-likeness (QED) is 0.834. The van der Waals surface area contributed by atoms with Crippen LogP contribution < -0.4 is 10.6 Å². The Bertz CT molecular complexity index is 893. The second kappa shape index (κ2) is 8.21. The average molecular weight is 380 g/mol. The Hall–Kier alpha value is -3.22. The third-order valence-electron chi connectivity index (χ3n) is 4.70. The summed E-state index contributed by atoms with van der Waals surface area (Å²) in [7, 11) is 0. The number of aromatic nitrogens is 1. The first-order valence-electron chi connectivity index (χ1n) is 9.29. The minimum Gasteiger partial charge on any atom is -0.339 e. The standard InChI is InChI=1S/C21H24N4O3/c1-13(2)25-12-16(11-19(25)26)21(28)23-17-9-7-15(8-10-17)20(27)24-18-6-4-5-14(3)22-18/h4-10,13,16H,11-12H2,1-3H3,(H,23,28)(H,22,24,27)/t16-/m1/s1. The zero-order valence-corrected chi connectivity index (χ0v) is 16.2. The summed E-state index contributed by atoms with van der Waals surface area (Å²) in [6.45, 7) is 6.17. The van der Waals surface area contributed by atoms with Gasteiger partial charge in [-0.3, -0.25) is 14.4 Å². The molecule has 0 radical (unpaired) electrons. The van der Waals surface area contributed by atoms with Crippen LogP contribution in [0.2, 0.25) is 0 Å². The van der Waals surface area contributed by atoms with E-state index in [0.717, 1.165) is 5.69 Å². The topological polar surface area (TPSA) is 91.4 Å². The molecular formula is C21H24N4O3. The number of likely N-dealkylation sites (tertiary alicyclic amines) is 1.